The molecule has 0 aliphatic rings. The van der Waals surface area contributed by atoms with Gasteiger partial charge < -0.3 is 0 Å². The second kappa shape index (κ2) is 11.4. The van der Waals surface area contributed by atoms with Crippen LogP contribution in [0.25, 0.3) is 61.5 Å². The number of hydrogen-bond donors (Lipinski definition) is 0. The standard InChI is InChI=1S/C40H37N/c1-8-13-32(26-41-7)30-17-16-29-25-31(19-18-28(29)24-30)39-35(10-3)34(9-2)38(36-14-11-12-15-37(36)39)27-20-22-33(23-21-27)40(4,5)6/h8-26H,2-3,7H2,1,4-6H3/b13-8-,32-26+. The summed E-state index contributed by atoms with van der Waals surface area (Å²) in [6.07, 6.45) is 9.84. The SMILES string of the molecule is C=Cc1c(C=C)c(-c2ccc3cc(C(/C=C\C)=C/N=C)ccc3c2)c2ccccc2c1-c1ccc(C(C)(C)C)cc1. The summed E-state index contributed by atoms with van der Waals surface area (Å²) in [4.78, 5) is 3.99. The molecule has 0 N–H and O–H groups in total. The minimum atomic E-state index is 0.0992. The molecule has 0 saturated heterocycles. The third-order valence-corrected chi connectivity index (χ3v) is 7.78. The second-order valence-electron chi connectivity index (χ2n) is 11.4. The molecule has 0 aliphatic heterocycles. The van der Waals surface area contributed by atoms with Gasteiger partial charge in [-0.3, -0.25) is 4.99 Å². The van der Waals surface area contributed by atoms with Crippen molar-refractivity contribution < 1.29 is 0 Å². The predicted molar refractivity (Wildman–Crippen MR) is 184 cm³/mol. The van der Waals surface area contributed by atoms with Crippen molar-refractivity contribution in [3.8, 4) is 22.3 Å². The maximum Gasteiger partial charge on any atom is 0.0338 e. The van der Waals surface area contributed by atoms with E-state index in [2.05, 4.69) is 137 Å². The van der Waals surface area contributed by atoms with E-state index in [-0.39, 0.29) is 5.41 Å². The summed E-state index contributed by atoms with van der Waals surface area (Å²) in [5.74, 6) is 0. The summed E-state index contributed by atoms with van der Waals surface area (Å²) >= 11 is 0. The van der Waals surface area contributed by atoms with Gasteiger partial charge in [-0.15, -0.1) is 0 Å². The van der Waals surface area contributed by atoms with Crippen LogP contribution in [0.15, 0.2) is 121 Å². The van der Waals surface area contributed by atoms with Gasteiger partial charge in [-0.25, -0.2) is 0 Å². The Morgan fingerprint density at radius 3 is 1.83 bits per heavy atom. The normalized spacial score (nSPS) is 12.2. The summed E-state index contributed by atoms with van der Waals surface area (Å²) in [5, 5.41) is 4.77. The summed E-state index contributed by atoms with van der Waals surface area (Å²) in [6.45, 7) is 20.9. The molecule has 0 amide bonds. The van der Waals surface area contributed by atoms with Crippen LogP contribution in [0.5, 0.6) is 0 Å². The molecular weight excluding hydrogens is 494 g/mol. The van der Waals surface area contributed by atoms with Crippen molar-refractivity contribution in [2.45, 2.75) is 33.1 Å². The molecule has 5 aromatic carbocycles. The number of nitrogens with zero attached hydrogens (tertiary/aromatic N) is 1. The monoisotopic (exact) mass is 531 g/mol. The lowest BCUT2D eigenvalue weighted by Gasteiger charge is -2.22. The molecule has 0 fully saturated rings. The Morgan fingerprint density at radius 2 is 1.27 bits per heavy atom. The summed E-state index contributed by atoms with van der Waals surface area (Å²) in [7, 11) is 0. The molecule has 0 unspecified atom stereocenters. The average Bonchev–Trinajstić information content (AvgIpc) is 2.98. The topological polar surface area (TPSA) is 12.4 Å². The van der Waals surface area contributed by atoms with Crippen molar-refractivity contribution >= 4 is 46.0 Å². The number of aliphatic imine (C=N–C) groups is 1. The van der Waals surface area contributed by atoms with Crippen molar-refractivity contribution in [2.75, 3.05) is 0 Å². The highest BCUT2D eigenvalue weighted by Crippen LogP contribution is 2.44. The van der Waals surface area contributed by atoms with Crippen molar-refractivity contribution in [1.82, 2.24) is 0 Å². The third kappa shape index (κ3) is 5.24. The van der Waals surface area contributed by atoms with Gasteiger partial charge in [0.25, 0.3) is 0 Å². The van der Waals surface area contributed by atoms with Gasteiger partial charge in [-0.1, -0.05) is 131 Å². The van der Waals surface area contributed by atoms with Gasteiger partial charge in [-0.2, -0.15) is 0 Å². The van der Waals surface area contributed by atoms with E-state index in [1.807, 2.05) is 25.2 Å². The number of benzene rings is 5. The first-order chi connectivity index (χ1) is 19.8. The largest absolute Gasteiger partial charge is 0.272 e. The highest BCUT2D eigenvalue weighted by atomic mass is 14.6. The van der Waals surface area contributed by atoms with E-state index in [1.54, 1.807) is 6.20 Å². The number of fused-ring (bicyclic) bond motifs is 2. The lowest BCUT2D eigenvalue weighted by molar-refractivity contribution is 0.590. The maximum atomic E-state index is 4.27. The van der Waals surface area contributed by atoms with Crippen molar-refractivity contribution in [2.24, 2.45) is 4.99 Å². The molecule has 0 bridgehead atoms. The molecule has 0 atom stereocenters. The van der Waals surface area contributed by atoms with Gasteiger partial charge in [0.15, 0.2) is 0 Å². The molecule has 0 aliphatic carbocycles. The Hall–Kier alpha value is -4.75. The fraction of sp³-hybridized carbons (Fsp3) is 0.125. The highest BCUT2D eigenvalue weighted by molar-refractivity contribution is 6.12. The molecule has 1 nitrogen and oxygen atoms in total. The van der Waals surface area contributed by atoms with Crippen LogP contribution in [0.1, 0.15) is 49.9 Å². The second-order valence-corrected chi connectivity index (χ2v) is 11.4. The Morgan fingerprint density at radius 1 is 0.707 bits per heavy atom. The Labute approximate surface area is 244 Å². The van der Waals surface area contributed by atoms with Crippen LogP contribution in [-0.2, 0) is 5.41 Å². The number of hydrogen-bond acceptors (Lipinski definition) is 1. The first-order valence-electron chi connectivity index (χ1n) is 14.1. The quantitative estimate of drug-likeness (QED) is 0.146. The van der Waals surface area contributed by atoms with E-state index in [1.165, 1.54) is 43.8 Å². The molecule has 0 heterocycles. The van der Waals surface area contributed by atoms with E-state index < -0.39 is 0 Å². The molecule has 5 aromatic rings. The van der Waals surface area contributed by atoms with Crippen LogP contribution in [-0.4, -0.2) is 6.72 Å². The summed E-state index contributed by atoms with van der Waals surface area (Å²) < 4.78 is 0. The smallest absolute Gasteiger partial charge is 0.0338 e. The van der Waals surface area contributed by atoms with Crippen LogP contribution in [0.2, 0.25) is 0 Å². The third-order valence-electron chi connectivity index (χ3n) is 7.78. The van der Waals surface area contributed by atoms with Crippen LogP contribution < -0.4 is 0 Å². The van der Waals surface area contributed by atoms with Gasteiger partial charge in [0.2, 0.25) is 0 Å². The summed E-state index contributed by atoms with van der Waals surface area (Å²) in [6, 6.07) is 30.9. The van der Waals surface area contributed by atoms with Gasteiger partial charge >= 0.3 is 0 Å². The lowest BCUT2D eigenvalue weighted by Crippen LogP contribution is -2.10. The average molecular weight is 532 g/mol. The molecule has 1 heteroatoms. The van der Waals surface area contributed by atoms with Crippen LogP contribution >= 0.6 is 0 Å². The first kappa shape index (κ1) is 27.8. The Balaban J connectivity index is 1.74. The van der Waals surface area contributed by atoms with Gasteiger partial charge in [0.1, 0.15) is 0 Å². The molecule has 0 radical (unpaired) electrons. The minimum Gasteiger partial charge on any atom is -0.272 e. The Kier molecular flexibility index (Phi) is 7.72. The van der Waals surface area contributed by atoms with E-state index in [0.717, 1.165) is 27.8 Å². The minimum absolute atomic E-state index is 0.0992. The fourth-order valence-electron chi connectivity index (χ4n) is 5.73. The molecular formula is C40H37N. The van der Waals surface area contributed by atoms with E-state index >= 15 is 0 Å². The molecule has 0 aromatic heterocycles. The van der Waals surface area contributed by atoms with Gasteiger partial charge in [-0.05, 0) is 103 Å². The van der Waals surface area contributed by atoms with Crippen LogP contribution in [0.3, 0.4) is 0 Å². The molecule has 202 valence electrons. The van der Waals surface area contributed by atoms with E-state index in [9.17, 15) is 0 Å². The van der Waals surface area contributed by atoms with Crippen molar-refractivity contribution in [3.63, 3.8) is 0 Å². The van der Waals surface area contributed by atoms with Gasteiger partial charge in [0.05, 0.1) is 0 Å². The zero-order valence-corrected chi connectivity index (χ0v) is 24.5. The number of allylic oxidation sites excluding steroid dienone is 3. The Bertz CT molecular complexity index is 1850. The number of rotatable bonds is 7. The van der Waals surface area contributed by atoms with E-state index in [0.29, 0.717) is 0 Å². The molecule has 0 spiro atoms. The molecule has 5 rings (SSSR count). The highest BCUT2D eigenvalue weighted by Gasteiger charge is 2.20. The zero-order valence-electron chi connectivity index (χ0n) is 24.5. The van der Waals surface area contributed by atoms with E-state index in [4.69, 9.17) is 0 Å². The van der Waals surface area contributed by atoms with Gasteiger partial charge in [0, 0.05) is 6.20 Å². The first-order valence-corrected chi connectivity index (χ1v) is 14.1. The van der Waals surface area contributed by atoms with Crippen molar-refractivity contribution in [1.29, 1.82) is 0 Å². The fourth-order valence-corrected chi connectivity index (χ4v) is 5.73. The summed E-state index contributed by atoms with van der Waals surface area (Å²) in [5.41, 5.74) is 10.5. The van der Waals surface area contributed by atoms with Crippen LogP contribution in [0, 0.1) is 0 Å². The zero-order chi connectivity index (χ0) is 29.1. The van der Waals surface area contributed by atoms with Crippen LogP contribution in [0.4, 0.5) is 0 Å². The maximum absolute atomic E-state index is 4.27. The molecule has 0 saturated carbocycles. The van der Waals surface area contributed by atoms with Crippen molar-refractivity contribution in [3.05, 3.63) is 139 Å². The predicted octanol–water partition coefficient (Wildman–Crippen LogP) is 11.5. The lowest BCUT2D eigenvalue weighted by atomic mass is 9.82. The molecule has 41 heavy (non-hydrogen) atoms.